The Morgan fingerprint density at radius 2 is 1.78 bits per heavy atom. The van der Waals surface area contributed by atoms with E-state index in [0.717, 1.165) is 11.1 Å². The van der Waals surface area contributed by atoms with Gasteiger partial charge in [-0.15, -0.1) is 10.2 Å². The summed E-state index contributed by atoms with van der Waals surface area (Å²) in [6.45, 7) is 6.90. The fraction of sp³-hybridized carbons (Fsp3) is 0.500. The van der Waals surface area contributed by atoms with Crippen molar-refractivity contribution in [3.8, 4) is 0 Å². The van der Waals surface area contributed by atoms with Crippen LogP contribution in [0.1, 0.15) is 29.3 Å². The molecular weight excluding hydrogens is 368 g/mol. The number of rotatable bonds is 5. The zero-order valence-corrected chi connectivity index (χ0v) is 16.6. The molecule has 1 aromatic carbocycles. The van der Waals surface area contributed by atoms with Gasteiger partial charge in [-0.1, -0.05) is 6.07 Å². The molecule has 0 spiro atoms. The molecule has 1 fully saturated rings. The molecule has 9 heteroatoms. The molecular formula is C18H24N4O4S. The van der Waals surface area contributed by atoms with Gasteiger partial charge in [-0.2, -0.15) is 4.31 Å². The highest BCUT2D eigenvalue weighted by molar-refractivity contribution is 7.89. The first-order valence-corrected chi connectivity index (χ1v) is 10.4. The lowest BCUT2D eigenvalue weighted by molar-refractivity contribution is -0.132. The Labute approximate surface area is 159 Å². The number of carbonyl (C=O) groups excluding carboxylic acids is 1. The second-order valence-corrected chi connectivity index (χ2v) is 8.68. The van der Waals surface area contributed by atoms with Crippen LogP contribution >= 0.6 is 0 Å². The fourth-order valence-corrected chi connectivity index (χ4v) is 4.52. The summed E-state index contributed by atoms with van der Waals surface area (Å²) < 4.78 is 32.4. The van der Waals surface area contributed by atoms with Crippen LogP contribution in [-0.2, 0) is 21.2 Å². The third-order valence-electron chi connectivity index (χ3n) is 4.83. The topological polar surface area (TPSA) is 96.6 Å². The molecule has 1 amide bonds. The van der Waals surface area contributed by atoms with E-state index in [-0.39, 0.29) is 12.3 Å². The van der Waals surface area contributed by atoms with Crippen molar-refractivity contribution < 1.29 is 17.6 Å². The Bertz CT molecular complexity index is 931. The number of piperazine rings is 1. The number of benzene rings is 1. The molecule has 3 rings (SSSR count). The van der Waals surface area contributed by atoms with E-state index in [1.807, 2.05) is 19.9 Å². The lowest BCUT2D eigenvalue weighted by Gasteiger charge is -2.34. The first kappa shape index (κ1) is 19.5. The van der Waals surface area contributed by atoms with Crippen molar-refractivity contribution in [2.75, 3.05) is 26.2 Å². The maximum Gasteiger partial charge on any atom is 0.243 e. The second kappa shape index (κ2) is 7.77. The first-order chi connectivity index (χ1) is 12.8. The van der Waals surface area contributed by atoms with Crippen LogP contribution in [0.4, 0.5) is 0 Å². The quantitative estimate of drug-likeness (QED) is 0.764. The van der Waals surface area contributed by atoms with Crippen molar-refractivity contribution in [1.82, 2.24) is 19.4 Å². The summed E-state index contributed by atoms with van der Waals surface area (Å²) in [6, 6.07) is 5.16. The van der Waals surface area contributed by atoms with E-state index < -0.39 is 10.0 Å². The summed E-state index contributed by atoms with van der Waals surface area (Å²) in [6.07, 6.45) is 0.659. The van der Waals surface area contributed by atoms with E-state index in [1.165, 1.54) is 4.31 Å². The zero-order valence-electron chi connectivity index (χ0n) is 15.8. The van der Waals surface area contributed by atoms with Gasteiger partial charge in [0.15, 0.2) is 0 Å². The van der Waals surface area contributed by atoms with E-state index in [1.54, 1.807) is 24.0 Å². The normalized spacial score (nSPS) is 15.9. The summed E-state index contributed by atoms with van der Waals surface area (Å²) in [7, 11) is -3.54. The molecule has 1 aromatic heterocycles. The number of sulfonamides is 1. The smallest absolute Gasteiger partial charge is 0.243 e. The van der Waals surface area contributed by atoms with Crippen LogP contribution < -0.4 is 0 Å². The molecule has 27 heavy (non-hydrogen) atoms. The van der Waals surface area contributed by atoms with Crippen LogP contribution in [0.3, 0.4) is 0 Å². The minimum atomic E-state index is -3.54. The number of nitrogens with zero attached hydrogens (tertiary/aromatic N) is 4. The van der Waals surface area contributed by atoms with E-state index in [4.69, 9.17) is 4.42 Å². The first-order valence-electron chi connectivity index (χ1n) is 8.91. The Morgan fingerprint density at radius 3 is 2.37 bits per heavy atom. The van der Waals surface area contributed by atoms with Crippen LogP contribution in [0.5, 0.6) is 0 Å². The maximum atomic E-state index is 12.8. The van der Waals surface area contributed by atoms with Gasteiger partial charge in [-0.3, -0.25) is 4.79 Å². The minimum Gasteiger partial charge on any atom is -0.426 e. The Morgan fingerprint density at radius 1 is 1.07 bits per heavy atom. The zero-order chi connectivity index (χ0) is 19.6. The number of hydrogen-bond acceptors (Lipinski definition) is 6. The summed E-state index contributed by atoms with van der Waals surface area (Å²) >= 11 is 0. The number of hydrogen-bond donors (Lipinski definition) is 0. The highest BCUT2D eigenvalue weighted by Gasteiger charge is 2.30. The van der Waals surface area contributed by atoms with E-state index >= 15 is 0 Å². The number of aromatic nitrogens is 2. The molecule has 0 N–H and O–H groups in total. The fourth-order valence-electron chi connectivity index (χ4n) is 3.01. The molecule has 0 atom stereocenters. The third kappa shape index (κ3) is 4.36. The molecule has 146 valence electrons. The van der Waals surface area contributed by atoms with Crippen LogP contribution in [0.15, 0.2) is 27.5 Å². The second-order valence-electron chi connectivity index (χ2n) is 6.75. The number of carbonyl (C=O) groups is 1. The van der Waals surface area contributed by atoms with Crippen molar-refractivity contribution >= 4 is 15.9 Å². The molecule has 0 saturated carbocycles. The number of amides is 1. The molecule has 2 heterocycles. The SMILES string of the molecule is Cc1nnc(CCC(=O)N2CCN(S(=O)(=O)c3ccc(C)c(C)c3)CC2)o1. The van der Waals surface area contributed by atoms with E-state index in [2.05, 4.69) is 10.2 Å². The molecule has 0 unspecified atom stereocenters. The lowest BCUT2D eigenvalue weighted by atomic mass is 10.1. The van der Waals surface area contributed by atoms with Crippen LogP contribution in [0.2, 0.25) is 0 Å². The van der Waals surface area contributed by atoms with Crippen LogP contribution in [-0.4, -0.2) is 59.9 Å². The van der Waals surface area contributed by atoms with Crippen molar-refractivity contribution in [3.05, 3.63) is 41.1 Å². The van der Waals surface area contributed by atoms with Gasteiger partial charge in [0, 0.05) is 45.9 Å². The largest absolute Gasteiger partial charge is 0.426 e. The van der Waals surface area contributed by atoms with Gasteiger partial charge in [0.2, 0.25) is 27.7 Å². The third-order valence-corrected chi connectivity index (χ3v) is 6.72. The Hall–Kier alpha value is -2.26. The lowest BCUT2D eigenvalue weighted by Crippen LogP contribution is -2.50. The highest BCUT2D eigenvalue weighted by Crippen LogP contribution is 2.20. The maximum absolute atomic E-state index is 12.8. The van der Waals surface area contributed by atoms with E-state index in [0.29, 0.717) is 49.3 Å². The molecule has 8 nitrogen and oxygen atoms in total. The Kier molecular flexibility index (Phi) is 5.61. The van der Waals surface area contributed by atoms with Crippen molar-refractivity contribution in [1.29, 1.82) is 0 Å². The minimum absolute atomic E-state index is 0.0333. The van der Waals surface area contributed by atoms with Crippen molar-refractivity contribution in [3.63, 3.8) is 0 Å². The molecule has 1 aliphatic rings. The van der Waals surface area contributed by atoms with Crippen LogP contribution in [0, 0.1) is 20.8 Å². The Balaban J connectivity index is 1.57. The van der Waals surface area contributed by atoms with Gasteiger partial charge >= 0.3 is 0 Å². The van der Waals surface area contributed by atoms with E-state index in [9.17, 15) is 13.2 Å². The van der Waals surface area contributed by atoms with Gasteiger partial charge in [-0.05, 0) is 37.1 Å². The van der Waals surface area contributed by atoms with Gasteiger partial charge in [0.25, 0.3) is 0 Å². The molecule has 0 aliphatic carbocycles. The van der Waals surface area contributed by atoms with Crippen molar-refractivity contribution in [2.24, 2.45) is 0 Å². The molecule has 0 bridgehead atoms. The van der Waals surface area contributed by atoms with Crippen molar-refractivity contribution in [2.45, 2.75) is 38.5 Å². The summed E-state index contributed by atoms with van der Waals surface area (Å²) in [5, 5.41) is 7.62. The molecule has 1 saturated heterocycles. The molecule has 1 aliphatic heterocycles. The predicted molar refractivity (Wildman–Crippen MR) is 98.6 cm³/mol. The van der Waals surface area contributed by atoms with Gasteiger partial charge in [-0.25, -0.2) is 8.42 Å². The summed E-state index contributed by atoms with van der Waals surface area (Å²) in [5.74, 6) is 0.883. The molecule has 2 aromatic rings. The number of aryl methyl sites for hydroxylation is 4. The standard InChI is InChI=1S/C18H24N4O4S/c1-13-4-5-16(12-14(13)2)27(24,25)22-10-8-21(9-11-22)18(23)7-6-17-20-19-15(3)26-17/h4-5,12H,6-11H2,1-3H3. The highest BCUT2D eigenvalue weighted by atomic mass is 32.2. The summed E-state index contributed by atoms with van der Waals surface area (Å²) in [5.41, 5.74) is 2.00. The summed E-state index contributed by atoms with van der Waals surface area (Å²) in [4.78, 5) is 14.3. The monoisotopic (exact) mass is 392 g/mol. The van der Waals surface area contributed by atoms with Crippen LogP contribution in [0.25, 0.3) is 0 Å². The predicted octanol–water partition coefficient (Wildman–Crippen LogP) is 1.46. The van der Waals surface area contributed by atoms with Gasteiger partial charge in [0.1, 0.15) is 0 Å². The van der Waals surface area contributed by atoms with Gasteiger partial charge < -0.3 is 9.32 Å². The average Bonchev–Trinajstić information content (AvgIpc) is 3.07. The van der Waals surface area contributed by atoms with Gasteiger partial charge in [0.05, 0.1) is 4.90 Å². The molecule has 0 radical (unpaired) electrons. The average molecular weight is 392 g/mol.